The van der Waals surface area contributed by atoms with E-state index in [2.05, 4.69) is 0 Å². The number of carbonyl (C=O) groups is 1. The van der Waals surface area contributed by atoms with Crippen LogP contribution in [0.5, 0.6) is 17.2 Å². The molecule has 0 spiro atoms. The predicted molar refractivity (Wildman–Crippen MR) is 118 cm³/mol. The summed E-state index contributed by atoms with van der Waals surface area (Å²) in [6, 6.07) is 11.9. The third-order valence-corrected chi connectivity index (χ3v) is 6.62. The standard InChI is InChI=1S/C23H18N2O5S/c1-30-17-11-12(10-16(27)19(17)28)21-24-22-18(14-8-5-9-15(26)20(14)31-22)23(29)25(21)13-6-3-2-4-7-13/h2-4,6-7,10-11,27-28H,5,8-9H2,1H3. The number of aromatic nitrogens is 2. The number of benzene rings is 2. The van der Waals surface area contributed by atoms with E-state index in [1.54, 1.807) is 12.1 Å². The van der Waals surface area contributed by atoms with E-state index in [1.165, 1.54) is 35.1 Å². The van der Waals surface area contributed by atoms with E-state index in [-0.39, 0.29) is 28.7 Å². The van der Waals surface area contributed by atoms with Gasteiger partial charge in [-0.3, -0.25) is 14.2 Å². The van der Waals surface area contributed by atoms with Crippen LogP contribution in [0.25, 0.3) is 27.3 Å². The summed E-state index contributed by atoms with van der Waals surface area (Å²) in [6.45, 7) is 0. The Kier molecular flexibility index (Phi) is 4.51. The van der Waals surface area contributed by atoms with Gasteiger partial charge in [0.2, 0.25) is 5.75 Å². The van der Waals surface area contributed by atoms with Crippen molar-refractivity contribution >= 4 is 27.3 Å². The van der Waals surface area contributed by atoms with E-state index < -0.39 is 5.75 Å². The molecule has 1 aliphatic rings. The van der Waals surface area contributed by atoms with E-state index >= 15 is 0 Å². The third-order valence-electron chi connectivity index (χ3n) is 5.46. The van der Waals surface area contributed by atoms with Crippen LogP contribution in [0.4, 0.5) is 0 Å². The summed E-state index contributed by atoms with van der Waals surface area (Å²) >= 11 is 1.23. The summed E-state index contributed by atoms with van der Waals surface area (Å²) in [6.07, 6.45) is 1.86. The number of hydrogen-bond acceptors (Lipinski definition) is 7. The number of ketones is 1. The highest BCUT2D eigenvalue weighted by Crippen LogP contribution is 2.40. The molecule has 0 radical (unpaired) electrons. The van der Waals surface area contributed by atoms with Crippen molar-refractivity contribution in [2.45, 2.75) is 19.3 Å². The molecule has 4 aromatic rings. The normalized spacial score (nSPS) is 13.4. The Bertz CT molecular complexity index is 1410. The van der Waals surface area contributed by atoms with E-state index in [4.69, 9.17) is 9.72 Å². The first-order valence-electron chi connectivity index (χ1n) is 9.77. The Balaban J connectivity index is 1.90. The number of rotatable bonds is 3. The summed E-state index contributed by atoms with van der Waals surface area (Å²) in [4.78, 5) is 32.0. The molecule has 2 aromatic carbocycles. The van der Waals surface area contributed by atoms with E-state index in [9.17, 15) is 19.8 Å². The number of phenolic OH excluding ortho intramolecular Hbond substituents is 2. The zero-order valence-corrected chi connectivity index (χ0v) is 17.4. The number of aromatic hydroxyl groups is 2. The molecule has 8 heteroatoms. The fourth-order valence-electron chi connectivity index (χ4n) is 4.00. The molecule has 5 rings (SSSR count). The van der Waals surface area contributed by atoms with Crippen LogP contribution in [0.3, 0.4) is 0 Å². The topological polar surface area (TPSA) is 102 Å². The molecule has 0 saturated carbocycles. The Morgan fingerprint density at radius 2 is 1.87 bits per heavy atom. The van der Waals surface area contributed by atoms with Crippen molar-refractivity contribution in [2.75, 3.05) is 7.11 Å². The highest BCUT2D eigenvalue weighted by molar-refractivity contribution is 7.20. The monoisotopic (exact) mass is 434 g/mol. The van der Waals surface area contributed by atoms with Crippen LogP contribution >= 0.6 is 11.3 Å². The molecule has 7 nitrogen and oxygen atoms in total. The first kappa shape index (κ1) is 19.3. The van der Waals surface area contributed by atoms with Gasteiger partial charge in [0.25, 0.3) is 5.56 Å². The molecular weight excluding hydrogens is 416 g/mol. The minimum absolute atomic E-state index is 0.0420. The second-order valence-electron chi connectivity index (χ2n) is 7.32. The summed E-state index contributed by atoms with van der Waals surface area (Å²) in [5.41, 5.74) is 1.50. The maximum atomic E-state index is 13.7. The number of Topliss-reactive ketones (excluding diaryl/α,β-unsaturated/α-hetero) is 1. The number of thiophene rings is 1. The van der Waals surface area contributed by atoms with Crippen molar-refractivity contribution in [1.29, 1.82) is 0 Å². The smallest absolute Gasteiger partial charge is 0.267 e. The Hall–Kier alpha value is -3.65. The quantitative estimate of drug-likeness (QED) is 0.472. The number of phenols is 2. The molecule has 0 fully saturated rings. The molecule has 2 N–H and O–H groups in total. The van der Waals surface area contributed by atoms with Crippen LogP contribution < -0.4 is 10.3 Å². The molecule has 0 saturated heterocycles. The minimum atomic E-state index is -0.391. The van der Waals surface area contributed by atoms with Crippen molar-refractivity contribution < 1.29 is 19.7 Å². The second-order valence-corrected chi connectivity index (χ2v) is 8.32. The second kappa shape index (κ2) is 7.24. The summed E-state index contributed by atoms with van der Waals surface area (Å²) in [7, 11) is 1.37. The number of nitrogens with zero attached hydrogens (tertiary/aromatic N) is 2. The van der Waals surface area contributed by atoms with Crippen LogP contribution in [0, 0.1) is 0 Å². The van der Waals surface area contributed by atoms with Crippen molar-refractivity contribution in [3.63, 3.8) is 0 Å². The SMILES string of the molecule is COc1cc(-c2nc3sc4c(c3c(=O)n2-c2ccccc2)CCCC4=O)cc(O)c1O. The number of hydrogen-bond donors (Lipinski definition) is 2. The number of aryl methyl sites for hydroxylation is 1. The lowest BCUT2D eigenvalue weighted by Gasteiger charge is -2.15. The lowest BCUT2D eigenvalue weighted by atomic mass is 9.96. The Morgan fingerprint density at radius 3 is 2.61 bits per heavy atom. The van der Waals surface area contributed by atoms with Gasteiger partial charge >= 0.3 is 0 Å². The first-order valence-corrected chi connectivity index (χ1v) is 10.6. The third kappa shape index (κ3) is 2.98. The van der Waals surface area contributed by atoms with Gasteiger partial charge in [0.05, 0.1) is 23.1 Å². The fraction of sp³-hybridized carbons (Fsp3) is 0.174. The highest BCUT2D eigenvalue weighted by Gasteiger charge is 2.27. The number of methoxy groups -OCH3 is 1. The number of ether oxygens (including phenoxy) is 1. The van der Waals surface area contributed by atoms with Gasteiger partial charge in [0.15, 0.2) is 17.3 Å². The molecule has 0 unspecified atom stereocenters. The largest absolute Gasteiger partial charge is 0.504 e. The summed E-state index contributed by atoms with van der Waals surface area (Å²) in [5, 5.41) is 20.7. The molecule has 2 heterocycles. The van der Waals surface area contributed by atoms with Crippen LogP contribution in [0.2, 0.25) is 0 Å². The Morgan fingerprint density at radius 1 is 1.10 bits per heavy atom. The van der Waals surface area contributed by atoms with Gasteiger partial charge in [-0.1, -0.05) is 18.2 Å². The van der Waals surface area contributed by atoms with Crippen molar-refractivity contribution in [2.24, 2.45) is 0 Å². The fourth-order valence-corrected chi connectivity index (χ4v) is 5.18. The zero-order chi connectivity index (χ0) is 21.7. The van der Waals surface area contributed by atoms with Gasteiger partial charge in [0.1, 0.15) is 10.7 Å². The molecule has 1 aliphatic carbocycles. The molecule has 31 heavy (non-hydrogen) atoms. The van der Waals surface area contributed by atoms with Gasteiger partial charge in [-0.15, -0.1) is 11.3 Å². The van der Waals surface area contributed by atoms with Crippen molar-refractivity contribution in [3.05, 3.63) is 63.3 Å². The van der Waals surface area contributed by atoms with Crippen LogP contribution in [0.1, 0.15) is 28.1 Å². The zero-order valence-electron chi connectivity index (χ0n) is 16.6. The maximum Gasteiger partial charge on any atom is 0.267 e. The molecular formula is C23H18N2O5S. The molecule has 0 amide bonds. The van der Waals surface area contributed by atoms with Crippen molar-refractivity contribution in [3.8, 4) is 34.3 Å². The van der Waals surface area contributed by atoms with Crippen LogP contribution in [-0.4, -0.2) is 32.7 Å². The average Bonchev–Trinajstić information content (AvgIpc) is 3.16. The Labute approximate surface area is 180 Å². The number of para-hydroxylation sites is 1. The van der Waals surface area contributed by atoms with Gasteiger partial charge in [0, 0.05) is 12.0 Å². The van der Waals surface area contributed by atoms with Gasteiger partial charge in [-0.25, -0.2) is 4.98 Å². The first-order chi connectivity index (χ1) is 15.0. The van der Waals surface area contributed by atoms with Gasteiger partial charge in [-0.2, -0.15) is 0 Å². The lowest BCUT2D eigenvalue weighted by Crippen LogP contribution is -2.22. The molecule has 0 atom stereocenters. The summed E-state index contributed by atoms with van der Waals surface area (Å²) < 4.78 is 6.64. The highest BCUT2D eigenvalue weighted by atomic mass is 32.1. The van der Waals surface area contributed by atoms with E-state index in [1.807, 2.05) is 18.2 Å². The minimum Gasteiger partial charge on any atom is -0.504 e. The van der Waals surface area contributed by atoms with Gasteiger partial charge < -0.3 is 14.9 Å². The maximum absolute atomic E-state index is 13.7. The predicted octanol–water partition coefficient (Wildman–Crippen LogP) is 4.05. The average molecular weight is 434 g/mol. The summed E-state index contributed by atoms with van der Waals surface area (Å²) in [5.74, 6) is -0.393. The molecule has 0 bridgehead atoms. The van der Waals surface area contributed by atoms with Crippen LogP contribution in [0.15, 0.2) is 47.3 Å². The van der Waals surface area contributed by atoms with E-state index in [0.29, 0.717) is 45.6 Å². The van der Waals surface area contributed by atoms with Gasteiger partial charge in [-0.05, 0) is 42.7 Å². The molecule has 0 aliphatic heterocycles. The number of fused-ring (bicyclic) bond motifs is 3. The van der Waals surface area contributed by atoms with E-state index in [0.717, 1.165) is 5.56 Å². The molecule has 156 valence electrons. The lowest BCUT2D eigenvalue weighted by molar-refractivity contribution is 0.0977. The van der Waals surface area contributed by atoms with Crippen molar-refractivity contribution in [1.82, 2.24) is 9.55 Å². The number of carbonyl (C=O) groups excluding carboxylic acids is 1. The molecule has 2 aromatic heterocycles. The van der Waals surface area contributed by atoms with Crippen LogP contribution in [-0.2, 0) is 6.42 Å².